The second-order valence-corrected chi connectivity index (χ2v) is 7.65. The Morgan fingerprint density at radius 1 is 1.47 bits per heavy atom. The SMILES string of the molecule is CC(N)C(c1ccc(Br)s1)N1CCC(C(N)=O)CC1. The van der Waals surface area contributed by atoms with Crippen LogP contribution in [0.3, 0.4) is 0 Å². The van der Waals surface area contributed by atoms with Crippen LogP contribution in [0.4, 0.5) is 0 Å². The highest BCUT2D eigenvalue weighted by molar-refractivity contribution is 9.11. The van der Waals surface area contributed by atoms with Crippen molar-refractivity contribution in [3.8, 4) is 0 Å². The lowest BCUT2D eigenvalue weighted by atomic mass is 9.94. The predicted molar refractivity (Wildman–Crippen MR) is 81.9 cm³/mol. The number of primary amides is 1. The molecular weight excluding hydrogens is 326 g/mol. The number of piperidine rings is 1. The van der Waals surface area contributed by atoms with Gasteiger partial charge in [-0.25, -0.2) is 0 Å². The molecule has 106 valence electrons. The number of nitrogens with zero attached hydrogens (tertiary/aromatic N) is 1. The molecule has 1 aliphatic rings. The Kier molecular flexibility index (Phi) is 5.00. The topological polar surface area (TPSA) is 72.3 Å². The summed E-state index contributed by atoms with van der Waals surface area (Å²) in [6.07, 6.45) is 1.68. The highest BCUT2D eigenvalue weighted by atomic mass is 79.9. The van der Waals surface area contributed by atoms with Crippen molar-refractivity contribution in [3.05, 3.63) is 20.8 Å². The smallest absolute Gasteiger partial charge is 0.220 e. The van der Waals surface area contributed by atoms with Crippen molar-refractivity contribution in [1.82, 2.24) is 4.90 Å². The molecule has 2 rings (SSSR count). The van der Waals surface area contributed by atoms with E-state index < -0.39 is 0 Å². The highest BCUT2D eigenvalue weighted by Crippen LogP contribution is 2.34. The number of likely N-dealkylation sites (tertiary alicyclic amines) is 1. The zero-order valence-electron chi connectivity index (χ0n) is 11.0. The van der Waals surface area contributed by atoms with Gasteiger partial charge in [-0.15, -0.1) is 11.3 Å². The Balaban J connectivity index is 2.07. The van der Waals surface area contributed by atoms with Crippen molar-refractivity contribution >= 4 is 33.2 Å². The first-order valence-corrected chi connectivity index (χ1v) is 8.14. The van der Waals surface area contributed by atoms with Gasteiger partial charge in [-0.05, 0) is 60.9 Å². The van der Waals surface area contributed by atoms with Crippen molar-refractivity contribution in [2.45, 2.75) is 31.8 Å². The molecule has 1 aliphatic heterocycles. The Bertz CT molecular complexity index is 441. The molecule has 6 heteroatoms. The Hall–Kier alpha value is -0.430. The van der Waals surface area contributed by atoms with Crippen LogP contribution in [0.5, 0.6) is 0 Å². The maximum atomic E-state index is 11.2. The second kappa shape index (κ2) is 6.35. The number of carbonyl (C=O) groups is 1. The lowest BCUT2D eigenvalue weighted by Gasteiger charge is -2.38. The molecule has 0 radical (unpaired) electrons. The Morgan fingerprint density at radius 3 is 2.53 bits per heavy atom. The van der Waals surface area contributed by atoms with Crippen molar-refractivity contribution in [3.63, 3.8) is 0 Å². The van der Waals surface area contributed by atoms with Gasteiger partial charge in [0.1, 0.15) is 0 Å². The maximum absolute atomic E-state index is 11.2. The largest absolute Gasteiger partial charge is 0.369 e. The van der Waals surface area contributed by atoms with Gasteiger partial charge in [0.25, 0.3) is 0 Å². The fourth-order valence-electron chi connectivity index (χ4n) is 2.72. The summed E-state index contributed by atoms with van der Waals surface area (Å²) < 4.78 is 1.13. The molecule has 1 amide bonds. The van der Waals surface area contributed by atoms with Gasteiger partial charge in [0.15, 0.2) is 0 Å². The van der Waals surface area contributed by atoms with Gasteiger partial charge in [0.2, 0.25) is 5.91 Å². The molecular formula is C13H20BrN3OS. The Morgan fingerprint density at radius 2 is 2.11 bits per heavy atom. The molecule has 1 aromatic rings. The molecule has 0 saturated carbocycles. The van der Waals surface area contributed by atoms with Crippen LogP contribution in [0.25, 0.3) is 0 Å². The minimum Gasteiger partial charge on any atom is -0.369 e. The summed E-state index contributed by atoms with van der Waals surface area (Å²) >= 11 is 5.23. The van der Waals surface area contributed by atoms with Gasteiger partial charge in [-0.3, -0.25) is 9.69 Å². The van der Waals surface area contributed by atoms with E-state index >= 15 is 0 Å². The molecule has 0 aliphatic carbocycles. The molecule has 4 nitrogen and oxygen atoms in total. The summed E-state index contributed by atoms with van der Waals surface area (Å²) in [5.41, 5.74) is 11.5. The molecule has 4 N–H and O–H groups in total. The van der Waals surface area contributed by atoms with Crippen LogP contribution in [0, 0.1) is 5.92 Å². The first-order valence-electron chi connectivity index (χ1n) is 6.53. The van der Waals surface area contributed by atoms with Gasteiger partial charge < -0.3 is 11.5 Å². The molecule has 0 bridgehead atoms. The van der Waals surface area contributed by atoms with Gasteiger partial charge in [0.05, 0.1) is 9.83 Å². The summed E-state index contributed by atoms with van der Waals surface area (Å²) in [4.78, 5) is 14.9. The molecule has 0 aromatic carbocycles. The normalized spacial score (nSPS) is 21.2. The average Bonchev–Trinajstić information content (AvgIpc) is 2.76. The first-order chi connectivity index (χ1) is 8.99. The zero-order valence-corrected chi connectivity index (χ0v) is 13.4. The third-order valence-electron chi connectivity index (χ3n) is 3.71. The lowest BCUT2D eigenvalue weighted by molar-refractivity contribution is -0.123. The minimum atomic E-state index is -0.170. The number of nitrogens with two attached hydrogens (primary N) is 2. The number of carbonyl (C=O) groups excluding carboxylic acids is 1. The predicted octanol–water partition coefficient (Wildman–Crippen LogP) is 2.10. The van der Waals surface area contributed by atoms with E-state index in [1.54, 1.807) is 11.3 Å². The van der Waals surface area contributed by atoms with E-state index in [1.807, 2.05) is 6.92 Å². The first kappa shape index (κ1) is 15.0. The van der Waals surface area contributed by atoms with Crippen LogP contribution in [-0.2, 0) is 4.79 Å². The second-order valence-electron chi connectivity index (χ2n) is 5.16. The van der Waals surface area contributed by atoms with Crippen LogP contribution in [0.1, 0.15) is 30.7 Å². The monoisotopic (exact) mass is 345 g/mol. The third-order valence-corrected chi connectivity index (χ3v) is 5.40. The fourth-order valence-corrected chi connectivity index (χ4v) is 4.40. The van der Waals surface area contributed by atoms with Crippen LogP contribution in [-0.4, -0.2) is 29.9 Å². The summed E-state index contributed by atoms with van der Waals surface area (Å²) in [6.45, 7) is 3.81. The van der Waals surface area contributed by atoms with Gasteiger partial charge in [-0.2, -0.15) is 0 Å². The standard InChI is InChI=1S/C13H20BrN3OS/c1-8(15)12(10-2-3-11(14)19-10)17-6-4-9(5-7-17)13(16)18/h2-3,8-9,12H,4-7,15H2,1H3,(H2,16,18). The van der Waals surface area contributed by atoms with Gasteiger partial charge in [-0.1, -0.05) is 0 Å². The van der Waals surface area contributed by atoms with E-state index in [9.17, 15) is 4.79 Å². The molecule has 19 heavy (non-hydrogen) atoms. The van der Waals surface area contributed by atoms with E-state index in [-0.39, 0.29) is 23.9 Å². The summed E-state index contributed by atoms with van der Waals surface area (Å²) in [5, 5.41) is 0. The fraction of sp³-hybridized carbons (Fsp3) is 0.615. The molecule has 1 aromatic heterocycles. The zero-order chi connectivity index (χ0) is 14.0. The number of hydrogen-bond donors (Lipinski definition) is 2. The number of hydrogen-bond acceptors (Lipinski definition) is 4. The van der Waals surface area contributed by atoms with Crippen molar-refractivity contribution in [1.29, 1.82) is 0 Å². The van der Waals surface area contributed by atoms with Crippen LogP contribution >= 0.6 is 27.3 Å². The number of halogens is 1. The molecule has 1 fully saturated rings. The summed E-state index contributed by atoms with van der Waals surface area (Å²) in [5.74, 6) is -0.143. The summed E-state index contributed by atoms with van der Waals surface area (Å²) in [7, 11) is 0. The van der Waals surface area contributed by atoms with Crippen LogP contribution in [0.2, 0.25) is 0 Å². The number of thiophene rings is 1. The van der Waals surface area contributed by atoms with Crippen LogP contribution in [0.15, 0.2) is 15.9 Å². The summed E-state index contributed by atoms with van der Waals surface area (Å²) in [6, 6.07) is 4.48. The van der Waals surface area contributed by atoms with E-state index in [0.717, 1.165) is 29.7 Å². The van der Waals surface area contributed by atoms with Gasteiger partial charge in [0, 0.05) is 16.8 Å². The molecule has 2 heterocycles. The van der Waals surface area contributed by atoms with Gasteiger partial charge >= 0.3 is 0 Å². The maximum Gasteiger partial charge on any atom is 0.220 e. The van der Waals surface area contributed by atoms with Crippen molar-refractivity contribution < 1.29 is 4.79 Å². The van der Waals surface area contributed by atoms with Crippen molar-refractivity contribution in [2.24, 2.45) is 17.4 Å². The minimum absolute atomic E-state index is 0.0278. The third kappa shape index (κ3) is 3.56. The van der Waals surface area contributed by atoms with E-state index in [4.69, 9.17) is 11.5 Å². The van der Waals surface area contributed by atoms with E-state index in [0.29, 0.717) is 0 Å². The lowest BCUT2D eigenvalue weighted by Crippen LogP contribution is -2.45. The quantitative estimate of drug-likeness (QED) is 0.877. The Labute approximate surface area is 126 Å². The molecule has 2 unspecified atom stereocenters. The molecule has 0 spiro atoms. The average molecular weight is 346 g/mol. The highest BCUT2D eigenvalue weighted by Gasteiger charge is 2.30. The van der Waals surface area contributed by atoms with Crippen molar-refractivity contribution in [2.75, 3.05) is 13.1 Å². The van der Waals surface area contributed by atoms with E-state index in [2.05, 4.69) is 33.0 Å². The number of rotatable bonds is 4. The molecule has 1 saturated heterocycles. The number of amides is 1. The van der Waals surface area contributed by atoms with E-state index in [1.165, 1.54) is 4.88 Å². The molecule has 2 atom stereocenters. The van der Waals surface area contributed by atoms with Crippen LogP contribution < -0.4 is 11.5 Å².